The van der Waals surface area contributed by atoms with Gasteiger partial charge in [0, 0.05) is 12.6 Å². The highest BCUT2D eigenvalue weighted by molar-refractivity contribution is 5.78. The van der Waals surface area contributed by atoms with Crippen LogP contribution in [0.2, 0.25) is 0 Å². The molecule has 0 aromatic heterocycles. The number of aliphatic hydroxyl groups is 1. The first-order chi connectivity index (χ1) is 8.18. The van der Waals surface area contributed by atoms with Gasteiger partial charge < -0.3 is 16.2 Å². The zero-order chi connectivity index (χ0) is 12.1. The van der Waals surface area contributed by atoms with Gasteiger partial charge in [-0.15, -0.1) is 0 Å². The van der Waals surface area contributed by atoms with Crippen molar-refractivity contribution in [2.24, 2.45) is 10.7 Å². The van der Waals surface area contributed by atoms with E-state index in [0.717, 1.165) is 25.7 Å². The Hall–Kier alpha value is -0.770. The zero-order valence-electron chi connectivity index (χ0n) is 10.6. The summed E-state index contributed by atoms with van der Waals surface area (Å²) in [5, 5.41) is 13.2. The van der Waals surface area contributed by atoms with Crippen molar-refractivity contribution in [3.63, 3.8) is 0 Å². The molecule has 0 aromatic carbocycles. The van der Waals surface area contributed by atoms with Crippen LogP contribution in [0.15, 0.2) is 4.99 Å². The van der Waals surface area contributed by atoms with Gasteiger partial charge in [0.25, 0.3) is 0 Å². The van der Waals surface area contributed by atoms with Crippen molar-refractivity contribution in [2.45, 2.75) is 69.4 Å². The van der Waals surface area contributed by atoms with Gasteiger partial charge in [0.2, 0.25) is 0 Å². The van der Waals surface area contributed by atoms with Gasteiger partial charge in [-0.25, -0.2) is 0 Å². The molecule has 0 spiro atoms. The molecule has 2 aliphatic carbocycles. The predicted molar refractivity (Wildman–Crippen MR) is 69.9 cm³/mol. The van der Waals surface area contributed by atoms with E-state index in [1.54, 1.807) is 0 Å². The number of hydrogen-bond acceptors (Lipinski definition) is 2. The minimum atomic E-state index is -0.436. The van der Waals surface area contributed by atoms with Gasteiger partial charge in [-0.1, -0.05) is 19.3 Å². The number of nitrogens with two attached hydrogens (primary N) is 1. The second-order valence-electron chi connectivity index (χ2n) is 5.57. The van der Waals surface area contributed by atoms with Crippen LogP contribution in [0.5, 0.6) is 0 Å². The summed E-state index contributed by atoms with van der Waals surface area (Å²) in [4.78, 5) is 4.31. The quantitative estimate of drug-likeness (QED) is 0.514. The molecule has 2 aliphatic rings. The molecule has 4 N–H and O–H groups in total. The topological polar surface area (TPSA) is 70.6 Å². The second kappa shape index (κ2) is 5.71. The molecule has 4 heteroatoms. The SMILES string of the molecule is NC(=NCCC1(O)CCC1)NC1CCCCC1. The Labute approximate surface area is 104 Å². The number of nitrogens with one attached hydrogen (secondary N) is 1. The van der Waals surface area contributed by atoms with Crippen LogP contribution in [-0.2, 0) is 0 Å². The molecule has 0 heterocycles. The van der Waals surface area contributed by atoms with Crippen LogP contribution < -0.4 is 11.1 Å². The fraction of sp³-hybridized carbons (Fsp3) is 0.923. The standard InChI is InChI=1S/C13H25N3O/c14-12(16-11-5-2-1-3-6-11)15-10-9-13(17)7-4-8-13/h11,17H,1-10H2,(H3,14,15,16). The van der Waals surface area contributed by atoms with E-state index in [-0.39, 0.29) is 0 Å². The molecule has 4 nitrogen and oxygen atoms in total. The summed E-state index contributed by atoms with van der Waals surface area (Å²) in [6.07, 6.45) is 10.1. The van der Waals surface area contributed by atoms with Crippen LogP contribution in [0.25, 0.3) is 0 Å². The third-order valence-electron chi connectivity index (χ3n) is 4.10. The first-order valence-corrected chi connectivity index (χ1v) is 6.97. The van der Waals surface area contributed by atoms with Crippen molar-refractivity contribution in [2.75, 3.05) is 6.54 Å². The van der Waals surface area contributed by atoms with Crippen molar-refractivity contribution in [3.05, 3.63) is 0 Å². The average Bonchev–Trinajstić information content (AvgIpc) is 2.28. The number of hydrogen-bond donors (Lipinski definition) is 3. The zero-order valence-corrected chi connectivity index (χ0v) is 10.6. The minimum Gasteiger partial charge on any atom is -0.390 e. The summed E-state index contributed by atoms with van der Waals surface area (Å²) in [5.74, 6) is 0.555. The van der Waals surface area contributed by atoms with Crippen LogP contribution in [0.4, 0.5) is 0 Å². The van der Waals surface area contributed by atoms with Crippen LogP contribution in [-0.4, -0.2) is 29.3 Å². The maximum Gasteiger partial charge on any atom is 0.188 e. The van der Waals surface area contributed by atoms with E-state index >= 15 is 0 Å². The molecule has 2 fully saturated rings. The van der Waals surface area contributed by atoms with Crippen molar-refractivity contribution < 1.29 is 5.11 Å². The molecule has 98 valence electrons. The second-order valence-corrected chi connectivity index (χ2v) is 5.57. The summed E-state index contributed by atoms with van der Waals surface area (Å²) < 4.78 is 0. The molecule has 0 saturated heterocycles. The fourth-order valence-corrected chi connectivity index (χ4v) is 2.72. The molecule has 0 aromatic rings. The number of guanidine groups is 1. The van der Waals surface area contributed by atoms with Crippen molar-refractivity contribution in [3.8, 4) is 0 Å². The molecule has 2 saturated carbocycles. The van der Waals surface area contributed by atoms with Crippen molar-refractivity contribution >= 4 is 5.96 Å². The Kier molecular flexibility index (Phi) is 4.26. The first kappa shape index (κ1) is 12.7. The Morgan fingerprint density at radius 3 is 2.53 bits per heavy atom. The highest BCUT2D eigenvalue weighted by atomic mass is 16.3. The summed E-state index contributed by atoms with van der Waals surface area (Å²) in [7, 11) is 0. The number of nitrogens with zero attached hydrogens (tertiary/aromatic N) is 1. The average molecular weight is 239 g/mol. The maximum absolute atomic E-state index is 9.91. The number of rotatable bonds is 4. The predicted octanol–water partition coefficient (Wildman–Crippen LogP) is 1.53. The summed E-state index contributed by atoms with van der Waals surface area (Å²) in [6, 6.07) is 0.513. The van der Waals surface area contributed by atoms with E-state index in [2.05, 4.69) is 10.3 Å². The Morgan fingerprint density at radius 1 is 1.24 bits per heavy atom. The van der Waals surface area contributed by atoms with Crippen molar-refractivity contribution in [1.29, 1.82) is 0 Å². The number of aliphatic imine (C=N–C) groups is 1. The Bertz CT molecular complexity index is 268. The van der Waals surface area contributed by atoms with Crippen LogP contribution in [0.3, 0.4) is 0 Å². The highest BCUT2D eigenvalue weighted by Crippen LogP contribution is 2.34. The lowest BCUT2D eigenvalue weighted by atomic mass is 9.78. The fourth-order valence-electron chi connectivity index (χ4n) is 2.72. The van der Waals surface area contributed by atoms with Gasteiger partial charge >= 0.3 is 0 Å². The minimum absolute atomic E-state index is 0.436. The van der Waals surface area contributed by atoms with Gasteiger partial charge in [0.15, 0.2) is 5.96 Å². The summed E-state index contributed by atoms with van der Waals surface area (Å²) >= 11 is 0. The van der Waals surface area contributed by atoms with Crippen molar-refractivity contribution in [1.82, 2.24) is 5.32 Å². The molecule has 0 bridgehead atoms. The molecule has 0 unspecified atom stereocenters. The molecular formula is C13H25N3O. The van der Waals surface area contributed by atoms with Gasteiger partial charge in [-0.05, 0) is 38.5 Å². The molecular weight excluding hydrogens is 214 g/mol. The molecule has 0 amide bonds. The van der Waals surface area contributed by atoms with Crippen LogP contribution in [0.1, 0.15) is 57.8 Å². The van der Waals surface area contributed by atoms with E-state index in [1.165, 1.54) is 32.1 Å². The highest BCUT2D eigenvalue weighted by Gasteiger charge is 2.33. The third kappa shape index (κ3) is 3.87. The largest absolute Gasteiger partial charge is 0.390 e. The van der Waals surface area contributed by atoms with E-state index in [1.807, 2.05) is 0 Å². The van der Waals surface area contributed by atoms with E-state index in [4.69, 9.17) is 5.73 Å². The van der Waals surface area contributed by atoms with Crippen LogP contribution >= 0.6 is 0 Å². The first-order valence-electron chi connectivity index (χ1n) is 6.97. The lowest BCUT2D eigenvalue weighted by Crippen LogP contribution is -2.42. The lowest BCUT2D eigenvalue weighted by Gasteiger charge is -2.36. The van der Waals surface area contributed by atoms with Gasteiger partial charge in [-0.3, -0.25) is 4.99 Å². The van der Waals surface area contributed by atoms with Gasteiger partial charge in [0.1, 0.15) is 0 Å². The van der Waals surface area contributed by atoms with E-state index in [9.17, 15) is 5.11 Å². The van der Waals surface area contributed by atoms with Crippen LogP contribution in [0, 0.1) is 0 Å². The monoisotopic (exact) mass is 239 g/mol. The normalized spacial score (nSPS) is 25.4. The molecule has 17 heavy (non-hydrogen) atoms. The Balaban J connectivity index is 1.65. The molecule has 0 aliphatic heterocycles. The summed E-state index contributed by atoms with van der Waals surface area (Å²) in [6.45, 7) is 0.641. The lowest BCUT2D eigenvalue weighted by molar-refractivity contribution is -0.0377. The maximum atomic E-state index is 9.91. The van der Waals surface area contributed by atoms with Gasteiger partial charge in [0.05, 0.1) is 5.60 Å². The van der Waals surface area contributed by atoms with E-state index in [0.29, 0.717) is 18.5 Å². The molecule has 2 rings (SSSR count). The third-order valence-corrected chi connectivity index (χ3v) is 4.10. The Morgan fingerprint density at radius 2 is 1.94 bits per heavy atom. The molecule has 0 atom stereocenters. The van der Waals surface area contributed by atoms with E-state index < -0.39 is 5.60 Å². The molecule has 0 radical (unpaired) electrons. The summed E-state index contributed by atoms with van der Waals surface area (Å²) in [5.41, 5.74) is 5.41. The van der Waals surface area contributed by atoms with Gasteiger partial charge in [-0.2, -0.15) is 0 Å². The smallest absolute Gasteiger partial charge is 0.188 e.